The first-order valence-corrected chi connectivity index (χ1v) is 6.89. The molecule has 20 heavy (non-hydrogen) atoms. The maximum absolute atomic E-state index is 5.77. The van der Waals surface area contributed by atoms with Crippen LogP contribution in [0.1, 0.15) is 16.7 Å². The van der Waals surface area contributed by atoms with Crippen LogP contribution in [0.3, 0.4) is 0 Å². The monoisotopic (exact) mass is 268 g/mol. The molecule has 0 radical (unpaired) electrons. The largest absolute Gasteiger partial charge is 0.279 e. The maximum Gasteiger partial charge on any atom is 0.0955 e. The average molecular weight is 268 g/mol. The van der Waals surface area contributed by atoms with Crippen LogP contribution >= 0.6 is 0 Å². The number of fused-ring (bicyclic) bond motifs is 3. The van der Waals surface area contributed by atoms with Gasteiger partial charge in [0.2, 0.25) is 0 Å². The minimum atomic E-state index is 0.603. The third kappa shape index (κ3) is 2.36. The summed E-state index contributed by atoms with van der Waals surface area (Å²) in [6.07, 6.45) is 1.01. The summed E-state index contributed by atoms with van der Waals surface area (Å²) >= 11 is 0. The Hall–Kier alpha value is -1.68. The number of rotatable bonds is 4. The first-order chi connectivity index (χ1) is 9.66. The van der Waals surface area contributed by atoms with E-state index in [1.54, 1.807) is 5.17 Å². The van der Waals surface area contributed by atoms with Crippen LogP contribution in [0.4, 0.5) is 0 Å². The Kier molecular flexibility index (Phi) is 3.57. The maximum atomic E-state index is 5.77. The summed E-state index contributed by atoms with van der Waals surface area (Å²) < 4.78 is 0. The fourth-order valence-corrected chi connectivity index (χ4v) is 2.64. The van der Waals surface area contributed by atoms with Gasteiger partial charge < -0.3 is 0 Å². The molecule has 2 aromatic rings. The molecular formula is C17H20N2O. The Labute approximate surface area is 120 Å². The second-order valence-corrected chi connectivity index (χ2v) is 5.36. The number of nitrogens with zero attached hydrogens (tertiary/aromatic N) is 2. The van der Waals surface area contributed by atoms with Gasteiger partial charge in [-0.15, -0.1) is 5.17 Å². The lowest BCUT2D eigenvalue weighted by Crippen LogP contribution is -2.33. The minimum absolute atomic E-state index is 0.603. The Morgan fingerprint density at radius 3 is 2.50 bits per heavy atom. The van der Waals surface area contributed by atoms with E-state index in [1.807, 2.05) is 26.2 Å². The van der Waals surface area contributed by atoms with Crippen molar-refractivity contribution in [2.24, 2.45) is 0 Å². The summed E-state index contributed by atoms with van der Waals surface area (Å²) in [7, 11) is 5.84. The van der Waals surface area contributed by atoms with Crippen LogP contribution in [-0.4, -0.2) is 31.3 Å². The van der Waals surface area contributed by atoms with Crippen molar-refractivity contribution in [2.75, 3.05) is 21.1 Å². The zero-order chi connectivity index (χ0) is 14.1. The number of hydroxylamine groups is 1. The Morgan fingerprint density at radius 1 is 0.950 bits per heavy atom. The second kappa shape index (κ2) is 5.37. The zero-order valence-corrected chi connectivity index (χ0v) is 12.3. The van der Waals surface area contributed by atoms with E-state index >= 15 is 0 Å². The van der Waals surface area contributed by atoms with Crippen molar-refractivity contribution in [1.29, 1.82) is 0 Å². The number of hydrazine groups is 1. The van der Waals surface area contributed by atoms with Gasteiger partial charge in [-0.2, -0.15) is 0 Å². The van der Waals surface area contributed by atoms with Crippen molar-refractivity contribution >= 4 is 0 Å². The third-order valence-corrected chi connectivity index (χ3v) is 3.92. The van der Waals surface area contributed by atoms with Gasteiger partial charge in [-0.3, -0.25) is 4.84 Å². The van der Waals surface area contributed by atoms with Gasteiger partial charge in [-0.25, -0.2) is 5.01 Å². The predicted molar refractivity (Wildman–Crippen MR) is 80.9 cm³/mol. The zero-order valence-electron chi connectivity index (χ0n) is 12.3. The molecule has 0 spiro atoms. The first-order valence-electron chi connectivity index (χ1n) is 6.89. The van der Waals surface area contributed by atoms with Gasteiger partial charge >= 0.3 is 0 Å². The van der Waals surface area contributed by atoms with Gasteiger partial charge in [0, 0.05) is 21.1 Å². The normalized spacial score (nSPS) is 12.8. The Bertz CT molecular complexity index is 622. The van der Waals surface area contributed by atoms with Gasteiger partial charge in [-0.1, -0.05) is 42.5 Å². The molecule has 3 nitrogen and oxygen atoms in total. The summed E-state index contributed by atoms with van der Waals surface area (Å²) in [5, 5.41) is 3.67. The lowest BCUT2D eigenvalue weighted by atomic mass is 10.0. The molecule has 3 rings (SSSR count). The van der Waals surface area contributed by atoms with Crippen LogP contribution in [0.25, 0.3) is 11.1 Å². The Balaban J connectivity index is 1.86. The molecule has 0 bridgehead atoms. The molecule has 0 aromatic heterocycles. The third-order valence-electron chi connectivity index (χ3n) is 3.92. The van der Waals surface area contributed by atoms with Gasteiger partial charge in [0.15, 0.2) is 0 Å². The Morgan fingerprint density at radius 2 is 1.70 bits per heavy atom. The van der Waals surface area contributed by atoms with Gasteiger partial charge in [0.1, 0.15) is 0 Å². The highest BCUT2D eigenvalue weighted by molar-refractivity contribution is 5.77. The highest BCUT2D eigenvalue weighted by atomic mass is 16.7. The van der Waals surface area contributed by atoms with Crippen molar-refractivity contribution in [2.45, 2.75) is 13.0 Å². The van der Waals surface area contributed by atoms with Crippen molar-refractivity contribution in [3.63, 3.8) is 0 Å². The van der Waals surface area contributed by atoms with Crippen molar-refractivity contribution in [3.05, 3.63) is 59.2 Å². The lowest BCUT2D eigenvalue weighted by molar-refractivity contribution is -0.258. The molecule has 104 valence electrons. The molecule has 3 heteroatoms. The fourth-order valence-electron chi connectivity index (χ4n) is 2.64. The second-order valence-electron chi connectivity index (χ2n) is 5.36. The molecule has 0 heterocycles. The van der Waals surface area contributed by atoms with E-state index < -0.39 is 0 Å². The molecule has 0 aliphatic heterocycles. The van der Waals surface area contributed by atoms with E-state index in [-0.39, 0.29) is 0 Å². The molecule has 0 atom stereocenters. The lowest BCUT2D eigenvalue weighted by Gasteiger charge is -2.23. The molecule has 0 N–H and O–H groups in total. The van der Waals surface area contributed by atoms with Gasteiger partial charge in [0.25, 0.3) is 0 Å². The number of hydrogen-bond acceptors (Lipinski definition) is 3. The van der Waals surface area contributed by atoms with E-state index in [9.17, 15) is 0 Å². The van der Waals surface area contributed by atoms with E-state index in [0.29, 0.717) is 6.61 Å². The number of benzene rings is 2. The van der Waals surface area contributed by atoms with E-state index in [2.05, 4.69) is 42.5 Å². The SMILES string of the molecule is CN(C)N(C)OCc1cccc2c1Cc1ccccc1-2. The molecule has 2 aromatic carbocycles. The molecule has 1 aliphatic rings. The molecule has 0 saturated heterocycles. The first kappa shape index (κ1) is 13.3. The quantitative estimate of drug-likeness (QED) is 0.676. The summed E-state index contributed by atoms with van der Waals surface area (Å²) in [5.74, 6) is 0. The summed E-state index contributed by atoms with van der Waals surface area (Å²) in [6.45, 7) is 0.603. The summed E-state index contributed by atoms with van der Waals surface area (Å²) in [6, 6.07) is 15.1. The molecule has 0 fully saturated rings. The van der Waals surface area contributed by atoms with Crippen LogP contribution in [0.5, 0.6) is 0 Å². The van der Waals surface area contributed by atoms with Crippen LogP contribution in [0, 0.1) is 0 Å². The molecule has 0 amide bonds. The predicted octanol–water partition coefficient (Wildman–Crippen LogP) is 3.10. The number of hydrogen-bond donors (Lipinski definition) is 0. The molecule has 1 aliphatic carbocycles. The molecule has 0 unspecified atom stereocenters. The smallest absolute Gasteiger partial charge is 0.0955 e. The van der Waals surface area contributed by atoms with Crippen molar-refractivity contribution < 1.29 is 4.84 Å². The highest BCUT2D eigenvalue weighted by Gasteiger charge is 2.20. The summed E-state index contributed by atoms with van der Waals surface area (Å²) in [4.78, 5) is 5.77. The average Bonchev–Trinajstić information content (AvgIpc) is 2.83. The van der Waals surface area contributed by atoms with Crippen molar-refractivity contribution in [3.8, 4) is 11.1 Å². The van der Waals surface area contributed by atoms with E-state index in [0.717, 1.165) is 6.42 Å². The van der Waals surface area contributed by atoms with Crippen LogP contribution in [-0.2, 0) is 17.9 Å². The van der Waals surface area contributed by atoms with E-state index in [1.165, 1.54) is 27.8 Å². The minimum Gasteiger partial charge on any atom is -0.279 e. The highest BCUT2D eigenvalue weighted by Crippen LogP contribution is 2.38. The fraction of sp³-hybridized carbons (Fsp3) is 0.294. The van der Waals surface area contributed by atoms with Gasteiger partial charge in [-0.05, 0) is 34.2 Å². The molecule has 0 saturated carbocycles. The van der Waals surface area contributed by atoms with Gasteiger partial charge in [0.05, 0.1) is 6.61 Å². The topological polar surface area (TPSA) is 15.7 Å². The standard InChI is InChI=1S/C17H20N2O/c1-18(2)19(3)20-12-14-8-6-10-16-15-9-5-4-7-13(15)11-17(14)16/h4-10H,11-12H2,1-3H3. The van der Waals surface area contributed by atoms with Crippen LogP contribution in [0.2, 0.25) is 0 Å². The van der Waals surface area contributed by atoms with Crippen molar-refractivity contribution in [1.82, 2.24) is 10.2 Å². The summed E-state index contributed by atoms with van der Waals surface area (Å²) in [5.41, 5.74) is 6.81. The van der Waals surface area contributed by atoms with Crippen LogP contribution < -0.4 is 0 Å². The van der Waals surface area contributed by atoms with Crippen LogP contribution in [0.15, 0.2) is 42.5 Å². The van der Waals surface area contributed by atoms with E-state index in [4.69, 9.17) is 4.84 Å². The molecular weight excluding hydrogens is 248 g/mol.